The van der Waals surface area contributed by atoms with Crippen molar-refractivity contribution in [3.63, 3.8) is 0 Å². The van der Waals surface area contributed by atoms with Crippen LogP contribution in [0.25, 0.3) is 0 Å². The summed E-state index contributed by atoms with van der Waals surface area (Å²) in [5, 5.41) is 0. The summed E-state index contributed by atoms with van der Waals surface area (Å²) in [5.74, 6) is 2.35. The van der Waals surface area contributed by atoms with Crippen molar-refractivity contribution in [3.05, 3.63) is 0 Å². The highest BCUT2D eigenvalue weighted by Crippen LogP contribution is 2.29. The minimum Gasteiger partial charge on any atom is -0.343 e. The third kappa shape index (κ3) is 3.25. The van der Waals surface area contributed by atoms with Crippen molar-refractivity contribution in [2.45, 2.75) is 58.4 Å². The summed E-state index contributed by atoms with van der Waals surface area (Å²) in [6, 6.07) is 0.266. The molecule has 0 bridgehead atoms. The van der Waals surface area contributed by atoms with E-state index in [1.54, 1.807) is 0 Å². The molecule has 2 aliphatic rings. The van der Waals surface area contributed by atoms with E-state index in [9.17, 15) is 4.79 Å². The zero-order valence-electron chi connectivity index (χ0n) is 11.9. The van der Waals surface area contributed by atoms with Crippen LogP contribution in [0.5, 0.6) is 0 Å². The summed E-state index contributed by atoms with van der Waals surface area (Å²) < 4.78 is 0. The monoisotopic (exact) mass is 252 g/mol. The van der Waals surface area contributed by atoms with Crippen LogP contribution in [-0.4, -0.2) is 29.9 Å². The fourth-order valence-electron chi connectivity index (χ4n) is 3.49. The van der Waals surface area contributed by atoms with E-state index in [1.165, 1.54) is 19.3 Å². The van der Waals surface area contributed by atoms with Crippen LogP contribution in [0.1, 0.15) is 52.4 Å². The van der Waals surface area contributed by atoms with E-state index in [2.05, 4.69) is 18.7 Å². The van der Waals surface area contributed by atoms with E-state index in [1.807, 2.05) is 0 Å². The quantitative estimate of drug-likeness (QED) is 0.838. The Bertz CT molecular complexity index is 282. The molecule has 1 amide bonds. The number of piperidine rings is 1. The normalized spacial score (nSPS) is 30.1. The standard InChI is InChI=1S/C15H28N2O/c1-11(2)12-6-8-17(9-7-12)15(18)10-13-4-3-5-14(13)16/h11-14H,3-10,16H2,1-2H3/t13-,14+/m0/s1. The molecule has 2 rings (SSSR count). The van der Waals surface area contributed by atoms with Crippen LogP contribution < -0.4 is 5.73 Å². The number of hydrogen-bond donors (Lipinski definition) is 1. The second-order valence-electron chi connectivity index (χ2n) is 6.52. The van der Waals surface area contributed by atoms with Crippen LogP contribution in [-0.2, 0) is 4.79 Å². The number of amides is 1. The van der Waals surface area contributed by atoms with Gasteiger partial charge in [-0.25, -0.2) is 0 Å². The smallest absolute Gasteiger partial charge is 0.222 e. The lowest BCUT2D eigenvalue weighted by Gasteiger charge is -2.34. The van der Waals surface area contributed by atoms with E-state index < -0.39 is 0 Å². The van der Waals surface area contributed by atoms with Crippen molar-refractivity contribution in [1.29, 1.82) is 0 Å². The molecule has 2 atom stereocenters. The van der Waals surface area contributed by atoms with Gasteiger partial charge in [-0.05, 0) is 43.4 Å². The van der Waals surface area contributed by atoms with Gasteiger partial charge in [-0.1, -0.05) is 20.3 Å². The minimum atomic E-state index is 0.266. The van der Waals surface area contributed by atoms with Crippen LogP contribution in [0.3, 0.4) is 0 Å². The maximum atomic E-state index is 12.2. The maximum absolute atomic E-state index is 12.2. The molecular formula is C15H28N2O. The van der Waals surface area contributed by atoms with E-state index in [0.29, 0.717) is 18.2 Å². The summed E-state index contributed by atoms with van der Waals surface area (Å²) in [4.78, 5) is 14.3. The van der Waals surface area contributed by atoms with Crippen LogP contribution in [0.4, 0.5) is 0 Å². The highest BCUT2D eigenvalue weighted by molar-refractivity contribution is 5.76. The van der Waals surface area contributed by atoms with Gasteiger partial charge in [0.05, 0.1) is 0 Å². The Kier molecular flexibility index (Phi) is 4.66. The van der Waals surface area contributed by atoms with Gasteiger partial charge in [0.2, 0.25) is 5.91 Å². The number of hydrogen-bond acceptors (Lipinski definition) is 2. The number of rotatable bonds is 3. The first-order valence-electron chi connectivity index (χ1n) is 7.61. The van der Waals surface area contributed by atoms with Crippen LogP contribution >= 0.6 is 0 Å². The molecule has 0 radical (unpaired) electrons. The Morgan fingerprint density at radius 3 is 2.39 bits per heavy atom. The summed E-state index contributed by atoms with van der Waals surface area (Å²) in [6.07, 6.45) is 6.50. The second-order valence-corrected chi connectivity index (χ2v) is 6.52. The molecule has 0 aromatic rings. The fourth-order valence-corrected chi connectivity index (χ4v) is 3.49. The van der Waals surface area contributed by atoms with Crippen LogP contribution in [0.15, 0.2) is 0 Å². The highest BCUT2D eigenvalue weighted by atomic mass is 16.2. The lowest BCUT2D eigenvalue weighted by Crippen LogP contribution is -2.41. The molecule has 1 aliphatic carbocycles. The average Bonchev–Trinajstić information content (AvgIpc) is 2.75. The van der Waals surface area contributed by atoms with Crippen molar-refractivity contribution >= 4 is 5.91 Å². The number of carbonyl (C=O) groups is 1. The fraction of sp³-hybridized carbons (Fsp3) is 0.933. The van der Waals surface area contributed by atoms with Crippen LogP contribution in [0, 0.1) is 17.8 Å². The maximum Gasteiger partial charge on any atom is 0.222 e. The lowest BCUT2D eigenvalue weighted by atomic mass is 9.86. The van der Waals surface area contributed by atoms with Gasteiger partial charge in [0.1, 0.15) is 0 Å². The third-order valence-electron chi connectivity index (χ3n) is 4.99. The van der Waals surface area contributed by atoms with E-state index in [-0.39, 0.29) is 6.04 Å². The number of nitrogens with two attached hydrogens (primary N) is 1. The number of nitrogens with zero attached hydrogens (tertiary/aromatic N) is 1. The second kappa shape index (κ2) is 6.05. The predicted octanol–water partition coefficient (Wildman–Crippen LogP) is 2.40. The Hall–Kier alpha value is -0.570. The Morgan fingerprint density at radius 1 is 1.22 bits per heavy atom. The molecule has 0 unspecified atom stereocenters. The molecule has 1 saturated carbocycles. The molecule has 2 N–H and O–H groups in total. The molecule has 0 aromatic carbocycles. The first-order chi connectivity index (χ1) is 8.58. The van der Waals surface area contributed by atoms with E-state index in [0.717, 1.165) is 37.8 Å². The Morgan fingerprint density at radius 2 is 1.89 bits per heavy atom. The van der Waals surface area contributed by atoms with Crippen molar-refractivity contribution in [2.75, 3.05) is 13.1 Å². The van der Waals surface area contributed by atoms with Crippen molar-refractivity contribution < 1.29 is 4.79 Å². The first-order valence-corrected chi connectivity index (χ1v) is 7.61. The third-order valence-corrected chi connectivity index (χ3v) is 4.99. The number of carbonyl (C=O) groups excluding carboxylic acids is 1. The summed E-state index contributed by atoms with van der Waals surface area (Å²) in [6.45, 7) is 6.51. The van der Waals surface area contributed by atoms with Gasteiger partial charge < -0.3 is 10.6 Å². The molecule has 1 aliphatic heterocycles. The largest absolute Gasteiger partial charge is 0.343 e. The molecule has 1 saturated heterocycles. The molecule has 3 heteroatoms. The van der Waals surface area contributed by atoms with Gasteiger partial charge in [-0.15, -0.1) is 0 Å². The van der Waals surface area contributed by atoms with Gasteiger partial charge in [0.25, 0.3) is 0 Å². The van der Waals surface area contributed by atoms with Crippen molar-refractivity contribution in [3.8, 4) is 0 Å². The van der Waals surface area contributed by atoms with Gasteiger partial charge in [-0.2, -0.15) is 0 Å². The molecule has 18 heavy (non-hydrogen) atoms. The topological polar surface area (TPSA) is 46.3 Å². The zero-order chi connectivity index (χ0) is 13.1. The SMILES string of the molecule is CC(C)C1CCN(C(=O)C[C@@H]2CCC[C@H]2N)CC1. The Balaban J connectivity index is 1.77. The van der Waals surface area contributed by atoms with Crippen molar-refractivity contribution in [1.82, 2.24) is 4.90 Å². The van der Waals surface area contributed by atoms with Gasteiger partial charge in [0, 0.05) is 25.6 Å². The highest BCUT2D eigenvalue weighted by Gasteiger charge is 2.30. The summed E-state index contributed by atoms with van der Waals surface area (Å²) >= 11 is 0. The van der Waals surface area contributed by atoms with Gasteiger partial charge >= 0.3 is 0 Å². The van der Waals surface area contributed by atoms with Gasteiger partial charge in [0.15, 0.2) is 0 Å². The lowest BCUT2D eigenvalue weighted by molar-refractivity contribution is -0.133. The predicted molar refractivity (Wildman–Crippen MR) is 74.1 cm³/mol. The summed E-state index contributed by atoms with van der Waals surface area (Å²) in [5.41, 5.74) is 6.05. The Labute approximate surface area is 111 Å². The first kappa shape index (κ1) is 13.9. The molecule has 2 fully saturated rings. The summed E-state index contributed by atoms with van der Waals surface area (Å²) in [7, 11) is 0. The minimum absolute atomic E-state index is 0.266. The van der Waals surface area contributed by atoms with Crippen molar-refractivity contribution in [2.24, 2.45) is 23.5 Å². The van der Waals surface area contributed by atoms with Gasteiger partial charge in [-0.3, -0.25) is 4.79 Å². The molecule has 0 spiro atoms. The number of likely N-dealkylation sites (tertiary alicyclic amines) is 1. The van der Waals surface area contributed by atoms with E-state index in [4.69, 9.17) is 5.73 Å². The van der Waals surface area contributed by atoms with E-state index >= 15 is 0 Å². The molecule has 104 valence electrons. The molecule has 0 aromatic heterocycles. The average molecular weight is 252 g/mol. The molecule has 3 nitrogen and oxygen atoms in total. The molecular weight excluding hydrogens is 224 g/mol. The zero-order valence-corrected chi connectivity index (χ0v) is 11.9. The van der Waals surface area contributed by atoms with Crippen LogP contribution in [0.2, 0.25) is 0 Å². The molecule has 1 heterocycles.